The lowest BCUT2D eigenvalue weighted by atomic mass is 10.1. The minimum atomic E-state index is -4.99. The zero-order valence-corrected chi connectivity index (χ0v) is 19.4. The van der Waals surface area contributed by atoms with Crippen molar-refractivity contribution >= 4 is 23.3 Å². The molecule has 0 unspecified atom stereocenters. The number of nitrogens with one attached hydrogen (secondary N) is 2. The first kappa shape index (κ1) is 25.9. The Morgan fingerprint density at radius 2 is 1.97 bits per heavy atom. The van der Waals surface area contributed by atoms with Gasteiger partial charge in [-0.25, -0.2) is 8.78 Å². The molecule has 2 N–H and O–H groups in total. The number of aromatic nitrogens is 4. The van der Waals surface area contributed by atoms with Gasteiger partial charge in [0, 0.05) is 23.5 Å². The summed E-state index contributed by atoms with van der Waals surface area (Å²) < 4.78 is 73.1. The van der Waals surface area contributed by atoms with Crippen molar-refractivity contribution in [2.45, 2.75) is 31.1 Å². The SMILES string of the molecule is N#C[C@@H]1CC(F)(F)CN1C(=O)CNC(=O)c1cnn(Cc2ccc(-c3nsc(=O)[nH]3)cc2)c1C(F)(F)F. The quantitative estimate of drug-likeness (QED) is 0.460. The number of carbonyl (C=O) groups is 2. The van der Waals surface area contributed by atoms with Crippen LogP contribution < -0.4 is 10.2 Å². The van der Waals surface area contributed by atoms with Crippen molar-refractivity contribution in [2.75, 3.05) is 13.1 Å². The van der Waals surface area contributed by atoms with Gasteiger partial charge in [0.05, 0.1) is 37.5 Å². The summed E-state index contributed by atoms with van der Waals surface area (Å²) >= 11 is 0.721. The standard InChI is InChI=1S/C21H16F5N7O3S/c22-20(23)5-13(6-27)32(10-20)15(34)8-28-18(35)14-7-29-33(16(14)21(24,25)26)9-11-1-3-12(4-2-11)17-30-19(36)37-31-17/h1-4,7,13H,5,8-10H2,(H,28,35)(H,30,31,36)/t13-/m0/s1. The van der Waals surface area contributed by atoms with E-state index in [9.17, 15) is 36.3 Å². The third kappa shape index (κ3) is 5.66. The van der Waals surface area contributed by atoms with Gasteiger partial charge in [-0.3, -0.25) is 24.0 Å². The first-order chi connectivity index (χ1) is 17.4. The van der Waals surface area contributed by atoms with E-state index in [1.54, 1.807) is 18.2 Å². The van der Waals surface area contributed by atoms with Crippen LogP contribution >= 0.6 is 11.5 Å². The number of alkyl halides is 5. The Hall–Kier alpha value is -4.13. The fourth-order valence-corrected chi connectivity index (χ4v) is 4.28. The van der Waals surface area contributed by atoms with E-state index in [4.69, 9.17) is 5.26 Å². The fourth-order valence-electron chi connectivity index (χ4n) is 3.81. The Labute approximate surface area is 208 Å². The Kier molecular flexibility index (Phi) is 6.82. The molecule has 0 saturated carbocycles. The molecule has 0 spiro atoms. The van der Waals surface area contributed by atoms with E-state index < -0.39 is 60.7 Å². The molecule has 37 heavy (non-hydrogen) atoms. The number of nitriles is 1. The maximum atomic E-state index is 13.8. The van der Waals surface area contributed by atoms with E-state index in [0.29, 0.717) is 32.7 Å². The molecule has 3 aromatic rings. The van der Waals surface area contributed by atoms with Gasteiger partial charge >= 0.3 is 11.0 Å². The highest BCUT2D eigenvalue weighted by Gasteiger charge is 2.47. The van der Waals surface area contributed by atoms with Crippen LogP contribution in [0.25, 0.3) is 11.4 Å². The molecule has 10 nitrogen and oxygen atoms in total. The van der Waals surface area contributed by atoms with Gasteiger partial charge in [-0.05, 0) is 5.56 Å². The molecule has 1 fully saturated rings. The van der Waals surface area contributed by atoms with Crippen LogP contribution in [0.1, 0.15) is 28.0 Å². The highest BCUT2D eigenvalue weighted by atomic mass is 32.1. The second-order valence-electron chi connectivity index (χ2n) is 8.11. The number of aromatic amines is 1. The topological polar surface area (TPSA) is 137 Å². The van der Waals surface area contributed by atoms with Gasteiger partial charge in [0.15, 0.2) is 11.5 Å². The molecule has 1 aliphatic heterocycles. The molecule has 0 bridgehead atoms. The van der Waals surface area contributed by atoms with Crippen LogP contribution in [-0.4, -0.2) is 60.9 Å². The number of hydrogen-bond acceptors (Lipinski definition) is 7. The molecular weight excluding hydrogens is 525 g/mol. The van der Waals surface area contributed by atoms with Gasteiger partial charge in [-0.15, -0.1) is 0 Å². The smallest absolute Gasteiger partial charge is 0.343 e. The van der Waals surface area contributed by atoms with E-state index in [1.807, 2.05) is 5.32 Å². The number of amides is 2. The molecule has 1 aliphatic rings. The Balaban J connectivity index is 1.48. The number of nitrogens with zero attached hydrogens (tertiary/aromatic N) is 5. The largest absolute Gasteiger partial charge is 0.433 e. The molecule has 1 atom stereocenters. The molecular formula is C21H16F5N7O3S. The fraction of sp³-hybridized carbons (Fsp3) is 0.333. The minimum absolute atomic E-state index is 0.309. The van der Waals surface area contributed by atoms with E-state index in [1.165, 1.54) is 12.1 Å². The lowest BCUT2D eigenvalue weighted by molar-refractivity contribution is -0.144. The monoisotopic (exact) mass is 541 g/mol. The van der Waals surface area contributed by atoms with Gasteiger partial charge in [-0.1, -0.05) is 24.3 Å². The van der Waals surface area contributed by atoms with Crippen LogP contribution in [0.3, 0.4) is 0 Å². The molecule has 0 radical (unpaired) electrons. The normalized spacial score (nSPS) is 17.0. The second kappa shape index (κ2) is 9.73. The van der Waals surface area contributed by atoms with Crippen LogP contribution in [0.2, 0.25) is 0 Å². The number of rotatable bonds is 6. The van der Waals surface area contributed by atoms with Crippen molar-refractivity contribution in [3.63, 3.8) is 0 Å². The van der Waals surface area contributed by atoms with Crippen LogP contribution in [0, 0.1) is 11.3 Å². The summed E-state index contributed by atoms with van der Waals surface area (Å²) in [4.78, 5) is 38.7. The zero-order chi connectivity index (χ0) is 27.0. The number of H-pyrrole nitrogens is 1. The molecule has 1 saturated heterocycles. The predicted molar refractivity (Wildman–Crippen MR) is 118 cm³/mol. The summed E-state index contributed by atoms with van der Waals surface area (Å²) in [6.45, 7) is -2.26. The van der Waals surface area contributed by atoms with Crippen LogP contribution in [0.4, 0.5) is 22.0 Å². The Morgan fingerprint density at radius 1 is 1.27 bits per heavy atom. The summed E-state index contributed by atoms with van der Waals surface area (Å²) in [6, 6.07) is 6.27. The number of likely N-dealkylation sites (tertiary alicyclic amines) is 1. The number of benzene rings is 1. The average molecular weight is 541 g/mol. The van der Waals surface area contributed by atoms with E-state index in [-0.39, 0.29) is 11.4 Å². The van der Waals surface area contributed by atoms with E-state index >= 15 is 0 Å². The van der Waals surface area contributed by atoms with Crippen molar-refractivity contribution in [2.24, 2.45) is 0 Å². The van der Waals surface area contributed by atoms with Crippen molar-refractivity contribution < 1.29 is 31.5 Å². The van der Waals surface area contributed by atoms with Crippen LogP contribution in [-0.2, 0) is 17.5 Å². The van der Waals surface area contributed by atoms with Crippen molar-refractivity contribution in [3.8, 4) is 17.5 Å². The predicted octanol–water partition coefficient (Wildman–Crippen LogP) is 2.25. The molecule has 2 amide bonds. The third-order valence-electron chi connectivity index (χ3n) is 5.49. The third-order valence-corrected chi connectivity index (χ3v) is 6.03. The summed E-state index contributed by atoms with van der Waals surface area (Å²) in [6.07, 6.45) is -5.16. The van der Waals surface area contributed by atoms with Gasteiger partial charge < -0.3 is 10.2 Å². The number of hydrogen-bond donors (Lipinski definition) is 2. The van der Waals surface area contributed by atoms with Crippen LogP contribution in [0.15, 0.2) is 35.3 Å². The first-order valence-electron chi connectivity index (χ1n) is 10.5. The number of carbonyl (C=O) groups excluding carboxylic acids is 2. The van der Waals surface area contributed by atoms with Crippen molar-refractivity contribution in [1.82, 2.24) is 29.4 Å². The minimum Gasteiger partial charge on any atom is -0.343 e. The average Bonchev–Trinajstić information content (AvgIpc) is 3.54. The summed E-state index contributed by atoms with van der Waals surface area (Å²) in [5, 5.41) is 14.6. The summed E-state index contributed by atoms with van der Waals surface area (Å²) in [5.74, 6) is -5.28. The highest BCUT2D eigenvalue weighted by molar-refractivity contribution is 7.03. The van der Waals surface area contributed by atoms with E-state index in [0.717, 1.165) is 11.5 Å². The molecule has 16 heteroatoms. The van der Waals surface area contributed by atoms with Gasteiger partial charge in [0.25, 0.3) is 11.8 Å². The lowest BCUT2D eigenvalue weighted by Crippen LogP contribution is -2.43. The molecule has 194 valence electrons. The molecule has 0 aliphatic carbocycles. The van der Waals surface area contributed by atoms with Crippen molar-refractivity contribution in [3.05, 3.63) is 57.0 Å². The second-order valence-corrected chi connectivity index (χ2v) is 8.85. The zero-order valence-electron chi connectivity index (χ0n) is 18.6. The van der Waals surface area contributed by atoms with Crippen molar-refractivity contribution in [1.29, 1.82) is 5.26 Å². The molecule has 3 heterocycles. The number of halogens is 5. The highest BCUT2D eigenvalue weighted by Crippen LogP contribution is 2.33. The van der Waals surface area contributed by atoms with Crippen LogP contribution in [0.5, 0.6) is 0 Å². The molecule has 2 aromatic heterocycles. The maximum absolute atomic E-state index is 13.8. The summed E-state index contributed by atoms with van der Waals surface area (Å²) in [7, 11) is 0. The lowest BCUT2D eigenvalue weighted by Gasteiger charge is -2.19. The maximum Gasteiger partial charge on any atom is 0.433 e. The molecule has 1 aromatic carbocycles. The summed E-state index contributed by atoms with van der Waals surface area (Å²) in [5.41, 5.74) is -1.29. The van der Waals surface area contributed by atoms with Gasteiger partial charge in [0.1, 0.15) is 6.04 Å². The molecule has 4 rings (SSSR count). The van der Waals surface area contributed by atoms with Gasteiger partial charge in [-0.2, -0.15) is 27.9 Å². The Bertz CT molecular complexity index is 1420. The first-order valence-corrected chi connectivity index (χ1v) is 11.3. The van der Waals surface area contributed by atoms with Gasteiger partial charge in [0.2, 0.25) is 5.91 Å². The van der Waals surface area contributed by atoms with E-state index in [2.05, 4.69) is 14.5 Å². The Morgan fingerprint density at radius 3 is 2.57 bits per heavy atom.